The number of halogens is 2. The molecule has 0 radical (unpaired) electrons. The van der Waals surface area contributed by atoms with Gasteiger partial charge in [0.25, 0.3) is 0 Å². The van der Waals surface area contributed by atoms with Crippen molar-refractivity contribution in [2.75, 3.05) is 20.2 Å². The zero-order chi connectivity index (χ0) is 17.1. The van der Waals surface area contributed by atoms with Gasteiger partial charge in [-0.3, -0.25) is 4.79 Å². The van der Waals surface area contributed by atoms with Crippen LogP contribution < -0.4 is 10.1 Å². The maximum Gasteiger partial charge on any atom is 0.311 e. The van der Waals surface area contributed by atoms with Gasteiger partial charge in [0.05, 0.1) is 13.0 Å². The number of ether oxygens (including phenoxy) is 1. The van der Waals surface area contributed by atoms with Gasteiger partial charge < -0.3 is 15.2 Å². The van der Waals surface area contributed by atoms with E-state index >= 15 is 0 Å². The van der Waals surface area contributed by atoms with Crippen LogP contribution in [0.4, 0.5) is 8.78 Å². The number of nitrogens with one attached hydrogen (secondary N) is 1. The number of carboxylic acids is 1. The molecule has 6 heteroatoms. The highest BCUT2D eigenvalue weighted by atomic mass is 19.1. The number of benzene rings is 1. The molecule has 1 fully saturated rings. The third kappa shape index (κ3) is 3.47. The first-order valence-electron chi connectivity index (χ1n) is 7.87. The molecule has 1 aromatic rings. The summed E-state index contributed by atoms with van der Waals surface area (Å²) < 4.78 is 34.4. The molecule has 1 saturated heterocycles. The van der Waals surface area contributed by atoms with Crippen LogP contribution in [0.2, 0.25) is 0 Å². The van der Waals surface area contributed by atoms with Gasteiger partial charge in [0.1, 0.15) is 5.82 Å². The van der Waals surface area contributed by atoms with Gasteiger partial charge in [-0.15, -0.1) is 0 Å². The Morgan fingerprint density at radius 3 is 2.43 bits per heavy atom. The van der Waals surface area contributed by atoms with Crippen molar-refractivity contribution in [3.63, 3.8) is 0 Å². The first-order valence-corrected chi connectivity index (χ1v) is 7.87. The van der Waals surface area contributed by atoms with E-state index in [1.807, 2.05) is 0 Å². The van der Waals surface area contributed by atoms with Crippen molar-refractivity contribution in [1.82, 2.24) is 5.32 Å². The Labute approximate surface area is 134 Å². The van der Waals surface area contributed by atoms with Gasteiger partial charge in [-0.1, -0.05) is 13.8 Å². The lowest BCUT2D eigenvalue weighted by molar-refractivity contribution is -0.140. The van der Waals surface area contributed by atoms with Crippen LogP contribution in [0.3, 0.4) is 0 Å². The van der Waals surface area contributed by atoms with Crippen molar-refractivity contribution in [2.45, 2.75) is 38.5 Å². The molecule has 1 aromatic carbocycles. The Balaban J connectivity index is 2.62. The summed E-state index contributed by atoms with van der Waals surface area (Å²) in [5.74, 6) is -4.43. The number of hydrogen-bond acceptors (Lipinski definition) is 3. The van der Waals surface area contributed by atoms with Crippen molar-refractivity contribution < 1.29 is 23.4 Å². The zero-order valence-corrected chi connectivity index (χ0v) is 13.7. The molecule has 1 heterocycles. The molecule has 0 spiro atoms. The number of carboxylic acid groups (broad SMARTS) is 1. The number of hydrogen-bond donors (Lipinski definition) is 2. The molecule has 0 saturated carbocycles. The summed E-state index contributed by atoms with van der Waals surface area (Å²) in [5, 5.41) is 12.8. The van der Waals surface area contributed by atoms with Crippen LogP contribution in [0.5, 0.6) is 5.75 Å². The second kappa shape index (κ2) is 7.25. The second-order valence-corrected chi connectivity index (χ2v) is 6.27. The van der Waals surface area contributed by atoms with Crippen LogP contribution in [0.1, 0.15) is 49.7 Å². The average Bonchev–Trinajstić information content (AvgIpc) is 2.51. The van der Waals surface area contributed by atoms with Crippen LogP contribution in [0.15, 0.2) is 6.07 Å². The fourth-order valence-electron chi connectivity index (χ4n) is 3.29. The summed E-state index contributed by atoms with van der Waals surface area (Å²) in [7, 11) is 1.23. The molecule has 2 rings (SSSR count). The van der Waals surface area contributed by atoms with E-state index in [4.69, 9.17) is 4.74 Å². The minimum absolute atomic E-state index is 0.157. The van der Waals surface area contributed by atoms with E-state index in [9.17, 15) is 18.7 Å². The Morgan fingerprint density at radius 1 is 1.35 bits per heavy atom. The Bertz CT molecular complexity index is 584. The summed E-state index contributed by atoms with van der Waals surface area (Å²) >= 11 is 0. The average molecular weight is 327 g/mol. The lowest BCUT2D eigenvalue weighted by Crippen LogP contribution is -2.34. The minimum Gasteiger partial charge on any atom is -0.493 e. The van der Waals surface area contributed by atoms with E-state index in [-0.39, 0.29) is 28.7 Å². The standard InChI is InChI=1S/C17H23F2NO3/c1-9(2)11-8-12(18)16(23-3)14(15(11)19)13(17(21)22)10-4-6-20-7-5-10/h8-10,13,20H,4-7H2,1-3H3,(H,21,22)/t13-/m1/s1. The highest BCUT2D eigenvalue weighted by molar-refractivity contribution is 5.78. The van der Waals surface area contributed by atoms with E-state index in [1.54, 1.807) is 13.8 Å². The number of rotatable bonds is 5. The van der Waals surface area contributed by atoms with Crippen molar-refractivity contribution in [2.24, 2.45) is 5.92 Å². The molecule has 2 N–H and O–H groups in total. The van der Waals surface area contributed by atoms with Crippen molar-refractivity contribution >= 4 is 5.97 Å². The molecule has 4 nitrogen and oxygen atoms in total. The molecular formula is C17H23F2NO3. The minimum atomic E-state index is -1.14. The number of methoxy groups -OCH3 is 1. The monoisotopic (exact) mass is 327 g/mol. The van der Waals surface area contributed by atoms with E-state index in [2.05, 4.69) is 5.32 Å². The Morgan fingerprint density at radius 2 is 1.96 bits per heavy atom. The third-order valence-corrected chi connectivity index (χ3v) is 4.49. The molecule has 0 bridgehead atoms. The fourth-order valence-corrected chi connectivity index (χ4v) is 3.29. The van der Waals surface area contributed by atoms with Crippen molar-refractivity contribution in [1.29, 1.82) is 0 Å². The number of aliphatic carboxylic acids is 1. The molecule has 1 atom stereocenters. The summed E-state index contributed by atoms with van der Waals surface area (Å²) in [6, 6.07) is 1.10. The maximum absolute atomic E-state index is 15.0. The fraction of sp³-hybridized carbons (Fsp3) is 0.588. The normalized spacial score (nSPS) is 17.3. The molecule has 0 amide bonds. The highest BCUT2D eigenvalue weighted by Crippen LogP contribution is 2.41. The van der Waals surface area contributed by atoms with Gasteiger partial charge in [-0.05, 0) is 49.4 Å². The van der Waals surface area contributed by atoms with Gasteiger partial charge in [0, 0.05) is 5.56 Å². The summed E-state index contributed by atoms with van der Waals surface area (Å²) in [4.78, 5) is 11.8. The summed E-state index contributed by atoms with van der Waals surface area (Å²) in [6.07, 6.45) is 1.21. The molecule has 23 heavy (non-hydrogen) atoms. The summed E-state index contributed by atoms with van der Waals surface area (Å²) in [5.41, 5.74) is 0.0223. The molecule has 1 aliphatic heterocycles. The maximum atomic E-state index is 15.0. The summed E-state index contributed by atoms with van der Waals surface area (Å²) in [6.45, 7) is 4.83. The SMILES string of the molecule is COc1c(F)cc(C(C)C)c(F)c1[C@H](C(=O)O)C1CCNCC1. The van der Waals surface area contributed by atoms with Crippen LogP contribution in [-0.2, 0) is 4.79 Å². The number of piperidine rings is 1. The first-order chi connectivity index (χ1) is 10.9. The lowest BCUT2D eigenvalue weighted by atomic mass is 9.78. The predicted molar refractivity (Wildman–Crippen MR) is 83.0 cm³/mol. The Kier molecular flexibility index (Phi) is 5.57. The van der Waals surface area contributed by atoms with Crippen LogP contribution >= 0.6 is 0 Å². The van der Waals surface area contributed by atoms with E-state index in [1.165, 1.54) is 7.11 Å². The van der Waals surface area contributed by atoms with E-state index in [0.29, 0.717) is 25.9 Å². The van der Waals surface area contributed by atoms with Crippen LogP contribution in [0.25, 0.3) is 0 Å². The quantitative estimate of drug-likeness (QED) is 0.871. The topological polar surface area (TPSA) is 58.6 Å². The second-order valence-electron chi connectivity index (χ2n) is 6.27. The molecule has 0 aliphatic carbocycles. The molecule has 1 aliphatic rings. The largest absolute Gasteiger partial charge is 0.493 e. The predicted octanol–water partition coefficient (Wildman–Crippen LogP) is 3.26. The molecule has 0 unspecified atom stereocenters. The van der Waals surface area contributed by atoms with Gasteiger partial charge >= 0.3 is 5.97 Å². The molecular weight excluding hydrogens is 304 g/mol. The molecule has 128 valence electrons. The van der Waals surface area contributed by atoms with Crippen LogP contribution in [-0.4, -0.2) is 31.3 Å². The number of carbonyl (C=O) groups is 1. The Hall–Kier alpha value is -1.69. The van der Waals surface area contributed by atoms with Crippen molar-refractivity contribution in [3.05, 3.63) is 28.8 Å². The first kappa shape index (κ1) is 17.7. The van der Waals surface area contributed by atoms with Crippen LogP contribution in [0, 0.1) is 17.6 Å². The lowest BCUT2D eigenvalue weighted by Gasteiger charge is -2.30. The molecule has 0 aromatic heterocycles. The van der Waals surface area contributed by atoms with Crippen molar-refractivity contribution in [3.8, 4) is 5.75 Å². The van der Waals surface area contributed by atoms with Gasteiger partial charge in [0.2, 0.25) is 0 Å². The third-order valence-electron chi connectivity index (χ3n) is 4.49. The van der Waals surface area contributed by atoms with E-state index < -0.39 is 23.5 Å². The van der Waals surface area contributed by atoms with Gasteiger partial charge in [-0.25, -0.2) is 8.78 Å². The van der Waals surface area contributed by atoms with Gasteiger partial charge in [0.15, 0.2) is 11.6 Å². The zero-order valence-electron chi connectivity index (χ0n) is 13.7. The van der Waals surface area contributed by atoms with Gasteiger partial charge in [-0.2, -0.15) is 0 Å². The highest BCUT2D eigenvalue weighted by Gasteiger charge is 2.37. The smallest absolute Gasteiger partial charge is 0.311 e. The van der Waals surface area contributed by atoms with E-state index in [0.717, 1.165) is 6.07 Å².